The van der Waals surface area contributed by atoms with Gasteiger partial charge in [0.1, 0.15) is 24.2 Å². The Morgan fingerprint density at radius 1 is 1.00 bits per heavy atom. The number of hydrogen-bond acceptors (Lipinski definition) is 12. The van der Waals surface area contributed by atoms with Crippen LogP contribution in [0.15, 0.2) is 29.8 Å². The average Bonchev–Trinajstić information content (AvgIpc) is 3.70. The minimum atomic E-state index is -1.07. The zero-order valence-corrected chi connectivity index (χ0v) is 33.0. The van der Waals surface area contributed by atoms with E-state index in [9.17, 15) is 24.3 Å². The third-order valence-electron chi connectivity index (χ3n) is 8.21. The van der Waals surface area contributed by atoms with Crippen molar-refractivity contribution in [3.05, 3.63) is 41.0 Å². The highest BCUT2D eigenvalue weighted by Crippen LogP contribution is 2.28. The number of hydrogen-bond donors (Lipinski definition) is 4. The average molecular weight is 763 g/mol. The van der Waals surface area contributed by atoms with Crippen molar-refractivity contribution >= 4 is 35.2 Å². The van der Waals surface area contributed by atoms with Gasteiger partial charge in [-0.2, -0.15) is 0 Å². The van der Waals surface area contributed by atoms with E-state index in [-0.39, 0.29) is 39.3 Å². The molecule has 2 heterocycles. The van der Waals surface area contributed by atoms with Crippen LogP contribution in [0.5, 0.6) is 0 Å². The Morgan fingerprint density at radius 2 is 1.62 bits per heavy atom. The van der Waals surface area contributed by atoms with Gasteiger partial charge in [0.15, 0.2) is 0 Å². The molecule has 1 fully saturated rings. The number of carbonyl (C=O) groups excluding carboxylic acids is 4. The van der Waals surface area contributed by atoms with Crippen molar-refractivity contribution in [2.24, 2.45) is 11.1 Å². The standard InChI is InChI=1S/C37H58N6O9S/c1-25-31(53-24-40-25)27-10-8-26(9-11-27)21-39-33(46)29-20-28(44)22-43(29)34(47)32(36(2,3)4)41-30(45)23-42(35(48)52-37(5,6)7)13-15-50-17-19-51-18-16-49-14-12-38/h8-11,24,28-29,32,44H,12-23,38H2,1-7H3,(H,39,46)(H,41,45)/t28-,29+,32-/m1/s1. The lowest BCUT2D eigenvalue weighted by Gasteiger charge is -2.36. The molecule has 0 spiro atoms. The van der Waals surface area contributed by atoms with Gasteiger partial charge in [0.05, 0.1) is 61.8 Å². The van der Waals surface area contributed by atoms with Gasteiger partial charge in [-0.25, -0.2) is 9.78 Å². The Labute approximate surface area is 316 Å². The van der Waals surface area contributed by atoms with Gasteiger partial charge in [0, 0.05) is 32.6 Å². The summed E-state index contributed by atoms with van der Waals surface area (Å²) in [6.07, 6.45) is -1.56. The highest BCUT2D eigenvalue weighted by Gasteiger charge is 2.44. The first-order valence-corrected chi connectivity index (χ1v) is 18.8. The van der Waals surface area contributed by atoms with Gasteiger partial charge < -0.3 is 45.3 Å². The molecule has 4 amide bonds. The molecule has 3 atom stereocenters. The zero-order valence-electron chi connectivity index (χ0n) is 32.1. The largest absolute Gasteiger partial charge is 0.444 e. The van der Waals surface area contributed by atoms with E-state index in [1.807, 2.05) is 31.2 Å². The summed E-state index contributed by atoms with van der Waals surface area (Å²) >= 11 is 1.56. The second-order valence-corrected chi connectivity index (χ2v) is 15.8. The van der Waals surface area contributed by atoms with Crippen LogP contribution in [0.4, 0.5) is 4.79 Å². The first-order valence-electron chi connectivity index (χ1n) is 18.0. The Hall–Kier alpha value is -3.67. The zero-order chi connectivity index (χ0) is 39.2. The summed E-state index contributed by atoms with van der Waals surface area (Å²) in [5, 5.41) is 16.3. The number of amides is 4. The van der Waals surface area contributed by atoms with Gasteiger partial charge >= 0.3 is 6.09 Å². The summed E-state index contributed by atoms with van der Waals surface area (Å²) < 4.78 is 21.9. The van der Waals surface area contributed by atoms with E-state index in [1.165, 1.54) is 9.80 Å². The number of nitrogens with one attached hydrogen (secondary N) is 2. The number of aryl methyl sites for hydroxylation is 1. The molecular formula is C37H58N6O9S. The van der Waals surface area contributed by atoms with Gasteiger partial charge in [-0.05, 0) is 44.2 Å². The van der Waals surface area contributed by atoms with Crippen LogP contribution in [0.3, 0.4) is 0 Å². The number of aliphatic hydroxyl groups is 1. The van der Waals surface area contributed by atoms with Crippen molar-refractivity contribution in [2.45, 2.75) is 85.2 Å². The Bertz CT molecular complexity index is 1470. The molecule has 5 N–H and O–H groups in total. The van der Waals surface area contributed by atoms with Gasteiger partial charge in [-0.15, -0.1) is 11.3 Å². The van der Waals surface area contributed by atoms with Crippen molar-refractivity contribution in [1.82, 2.24) is 25.4 Å². The van der Waals surface area contributed by atoms with E-state index in [1.54, 1.807) is 58.4 Å². The number of rotatable bonds is 19. The van der Waals surface area contributed by atoms with Crippen molar-refractivity contribution in [1.29, 1.82) is 0 Å². The molecule has 53 heavy (non-hydrogen) atoms. The predicted octanol–water partition coefficient (Wildman–Crippen LogP) is 2.47. The fraction of sp³-hybridized carbons (Fsp3) is 0.649. The molecule has 2 aromatic rings. The SMILES string of the molecule is Cc1ncsc1-c1ccc(CNC(=O)[C@@H]2C[C@@H](O)CN2C(=O)[C@@H](NC(=O)CN(CCOCCOCCOCCN)C(=O)OC(C)(C)C)C(C)(C)C)cc1. The maximum Gasteiger partial charge on any atom is 0.410 e. The van der Waals surface area contributed by atoms with E-state index >= 15 is 0 Å². The molecule has 0 aliphatic carbocycles. The van der Waals surface area contributed by atoms with Crippen LogP contribution in [0.25, 0.3) is 10.4 Å². The smallest absolute Gasteiger partial charge is 0.410 e. The molecular weight excluding hydrogens is 705 g/mol. The molecule has 1 saturated heterocycles. The number of carbonyl (C=O) groups is 4. The minimum absolute atomic E-state index is 0.0459. The number of thiazole rings is 1. The highest BCUT2D eigenvalue weighted by atomic mass is 32.1. The van der Waals surface area contributed by atoms with Crippen LogP contribution in [0, 0.1) is 12.3 Å². The van der Waals surface area contributed by atoms with E-state index < -0.39 is 59.6 Å². The fourth-order valence-electron chi connectivity index (χ4n) is 5.52. The number of benzene rings is 1. The normalized spacial score (nSPS) is 16.7. The number of nitrogens with two attached hydrogens (primary N) is 1. The molecule has 1 aromatic carbocycles. The molecule has 15 nitrogen and oxygen atoms in total. The molecule has 3 rings (SSSR count). The van der Waals surface area contributed by atoms with Crippen LogP contribution >= 0.6 is 11.3 Å². The lowest BCUT2D eigenvalue weighted by Crippen LogP contribution is -2.59. The van der Waals surface area contributed by atoms with E-state index in [0.717, 1.165) is 21.7 Å². The molecule has 1 aliphatic heterocycles. The monoisotopic (exact) mass is 762 g/mol. The Balaban J connectivity index is 1.61. The molecule has 1 aromatic heterocycles. The quantitative estimate of drug-likeness (QED) is 0.154. The maximum atomic E-state index is 14.1. The number of β-amino-alcohol motifs (C(OH)–C–C–N with tert-alkyl or cyclic N) is 1. The van der Waals surface area contributed by atoms with E-state index in [2.05, 4.69) is 15.6 Å². The van der Waals surface area contributed by atoms with Gasteiger partial charge in [-0.1, -0.05) is 45.0 Å². The predicted molar refractivity (Wildman–Crippen MR) is 201 cm³/mol. The van der Waals surface area contributed by atoms with E-state index in [4.69, 9.17) is 24.7 Å². The number of nitrogens with zero attached hydrogens (tertiary/aromatic N) is 3. The first kappa shape index (κ1) is 43.7. The summed E-state index contributed by atoms with van der Waals surface area (Å²) in [7, 11) is 0. The van der Waals surface area contributed by atoms with Gasteiger partial charge in [0.2, 0.25) is 17.7 Å². The van der Waals surface area contributed by atoms with Crippen molar-refractivity contribution in [3.63, 3.8) is 0 Å². The Morgan fingerprint density at radius 3 is 2.19 bits per heavy atom. The molecule has 1 aliphatic rings. The number of ether oxygens (including phenoxy) is 4. The molecule has 0 radical (unpaired) electrons. The maximum absolute atomic E-state index is 14.1. The van der Waals surface area contributed by atoms with Crippen LogP contribution in [-0.2, 0) is 39.9 Å². The summed E-state index contributed by atoms with van der Waals surface area (Å²) in [4.78, 5) is 62.0. The Kier molecular flexibility index (Phi) is 17.1. The van der Waals surface area contributed by atoms with Crippen LogP contribution in [-0.4, -0.2) is 133 Å². The third kappa shape index (κ3) is 14.6. The number of aliphatic hydroxyl groups excluding tert-OH is 1. The summed E-state index contributed by atoms with van der Waals surface area (Å²) in [6.45, 7) is 14.7. The first-order chi connectivity index (χ1) is 25.0. The van der Waals surface area contributed by atoms with Crippen LogP contribution in [0.2, 0.25) is 0 Å². The van der Waals surface area contributed by atoms with Gasteiger partial charge in [0.25, 0.3) is 0 Å². The van der Waals surface area contributed by atoms with Crippen molar-refractivity contribution < 1.29 is 43.2 Å². The third-order valence-corrected chi connectivity index (χ3v) is 9.19. The van der Waals surface area contributed by atoms with Crippen LogP contribution in [0.1, 0.15) is 59.2 Å². The second-order valence-electron chi connectivity index (χ2n) is 15.0. The fourth-order valence-corrected chi connectivity index (χ4v) is 6.33. The van der Waals surface area contributed by atoms with Crippen LogP contribution < -0.4 is 16.4 Å². The molecule has 0 saturated carbocycles. The molecule has 296 valence electrons. The second kappa shape index (κ2) is 20.7. The summed E-state index contributed by atoms with van der Waals surface area (Å²) in [6, 6.07) is 5.80. The number of aromatic nitrogens is 1. The molecule has 0 unspecified atom stereocenters. The molecule has 0 bridgehead atoms. The lowest BCUT2D eigenvalue weighted by molar-refractivity contribution is -0.144. The summed E-state index contributed by atoms with van der Waals surface area (Å²) in [5.74, 6) is -1.51. The van der Waals surface area contributed by atoms with Crippen molar-refractivity contribution in [3.8, 4) is 10.4 Å². The van der Waals surface area contributed by atoms with Crippen molar-refractivity contribution in [2.75, 3.05) is 65.8 Å². The topological polar surface area (TPSA) is 195 Å². The highest BCUT2D eigenvalue weighted by molar-refractivity contribution is 7.13. The van der Waals surface area contributed by atoms with E-state index in [0.29, 0.717) is 33.0 Å². The lowest BCUT2D eigenvalue weighted by atomic mass is 9.85. The summed E-state index contributed by atoms with van der Waals surface area (Å²) in [5.41, 5.74) is 8.46. The minimum Gasteiger partial charge on any atom is -0.444 e. The van der Waals surface area contributed by atoms with Gasteiger partial charge in [-0.3, -0.25) is 19.3 Å². The molecule has 16 heteroatoms. The number of likely N-dealkylation sites (tertiary alicyclic amines) is 1.